The van der Waals surface area contributed by atoms with Gasteiger partial charge in [-0.1, -0.05) is 115 Å². The number of rotatable bonds is 4. The summed E-state index contributed by atoms with van der Waals surface area (Å²) in [7, 11) is 0. The highest BCUT2D eigenvalue weighted by Crippen LogP contribution is 2.40. The van der Waals surface area contributed by atoms with Crippen molar-refractivity contribution < 1.29 is 4.42 Å². The Hall–Kier alpha value is -6.20. The number of aromatic nitrogens is 4. The summed E-state index contributed by atoms with van der Waals surface area (Å²) in [6, 6.07) is 47.7. The first kappa shape index (κ1) is 25.3. The van der Waals surface area contributed by atoms with Crippen LogP contribution in [0.3, 0.4) is 0 Å². The van der Waals surface area contributed by atoms with Gasteiger partial charge in [-0.05, 0) is 56.9 Å². The average molecular weight is 577 g/mol. The zero-order valence-electron chi connectivity index (χ0n) is 24.1. The van der Waals surface area contributed by atoms with Crippen molar-refractivity contribution >= 4 is 43.6 Å². The van der Waals surface area contributed by atoms with Gasteiger partial charge in [0.05, 0.1) is 5.39 Å². The van der Waals surface area contributed by atoms with Crippen LogP contribution in [0.5, 0.6) is 0 Å². The van der Waals surface area contributed by atoms with Gasteiger partial charge in [-0.15, -0.1) is 0 Å². The summed E-state index contributed by atoms with van der Waals surface area (Å²) in [4.78, 5) is 19.3. The second kappa shape index (κ2) is 10.2. The molecule has 210 valence electrons. The Balaban J connectivity index is 1.22. The van der Waals surface area contributed by atoms with Crippen LogP contribution in [0.1, 0.15) is 0 Å². The van der Waals surface area contributed by atoms with E-state index in [4.69, 9.17) is 19.4 Å². The predicted molar refractivity (Wildman–Crippen MR) is 182 cm³/mol. The molecule has 9 rings (SSSR count). The van der Waals surface area contributed by atoms with Crippen molar-refractivity contribution in [2.45, 2.75) is 0 Å². The molecule has 0 atom stereocenters. The number of fused-ring (bicyclic) bond motifs is 5. The van der Waals surface area contributed by atoms with Crippen LogP contribution in [0.4, 0.5) is 0 Å². The summed E-state index contributed by atoms with van der Waals surface area (Å²) in [5.41, 5.74) is 6.50. The fourth-order valence-electron chi connectivity index (χ4n) is 6.20. The largest absolute Gasteiger partial charge is 0.438 e. The van der Waals surface area contributed by atoms with E-state index in [2.05, 4.69) is 77.8 Å². The number of hydrogen-bond acceptors (Lipinski definition) is 5. The summed E-state index contributed by atoms with van der Waals surface area (Å²) in [5, 5.41) is 6.63. The maximum absolute atomic E-state index is 6.27. The van der Waals surface area contributed by atoms with Gasteiger partial charge in [-0.25, -0.2) is 19.9 Å². The fraction of sp³-hybridized carbons (Fsp3) is 0. The van der Waals surface area contributed by atoms with E-state index in [-0.39, 0.29) is 0 Å². The average Bonchev–Trinajstić information content (AvgIpc) is 3.48. The molecule has 0 aliphatic carbocycles. The summed E-state index contributed by atoms with van der Waals surface area (Å²) in [6.45, 7) is 0. The Morgan fingerprint density at radius 2 is 1.04 bits per heavy atom. The van der Waals surface area contributed by atoms with Gasteiger partial charge in [0.15, 0.2) is 17.5 Å². The molecule has 3 heterocycles. The first-order chi connectivity index (χ1) is 22.3. The van der Waals surface area contributed by atoms with Crippen LogP contribution in [-0.2, 0) is 0 Å². The van der Waals surface area contributed by atoms with E-state index in [1.54, 1.807) is 0 Å². The van der Waals surface area contributed by atoms with Gasteiger partial charge in [-0.2, -0.15) is 0 Å². The number of hydrogen-bond donors (Lipinski definition) is 0. The van der Waals surface area contributed by atoms with Crippen LogP contribution in [0, 0.1) is 0 Å². The normalized spacial score (nSPS) is 11.6. The molecule has 0 aliphatic rings. The van der Waals surface area contributed by atoms with Crippen LogP contribution < -0.4 is 0 Å². The van der Waals surface area contributed by atoms with E-state index in [0.29, 0.717) is 23.2 Å². The first-order valence-corrected chi connectivity index (χ1v) is 14.9. The molecular weight excluding hydrogens is 552 g/mol. The number of benzene rings is 6. The number of furan rings is 1. The van der Waals surface area contributed by atoms with Gasteiger partial charge in [0.2, 0.25) is 5.71 Å². The molecule has 3 aromatic heterocycles. The summed E-state index contributed by atoms with van der Waals surface area (Å²) in [5.74, 6) is 1.92. The van der Waals surface area contributed by atoms with E-state index >= 15 is 0 Å². The van der Waals surface area contributed by atoms with Crippen LogP contribution in [0.2, 0.25) is 0 Å². The SMILES string of the molecule is c1ccc(-c2nc(-c3ccccc3)nc(-c3ccc4c(-c5ccnc6oc7cc8ccccc8cc7c56)cccc4c3)n2)cc1. The van der Waals surface area contributed by atoms with Crippen molar-refractivity contribution in [2.24, 2.45) is 0 Å². The van der Waals surface area contributed by atoms with Gasteiger partial charge < -0.3 is 4.42 Å². The summed E-state index contributed by atoms with van der Waals surface area (Å²) in [6.07, 6.45) is 1.83. The minimum absolute atomic E-state index is 0.633. The second-order valence-electron chi connectivity index (χ2n) is 11.1. The van der Waals surface area contributed by atoms with Crippen molar-refractivity contribution in [1.82, 2.24) is 19.9 Å². The minimum Gasteiger partial charge on any atom is -0.438 e. The van der Waals surface area contributed by atoms with Gasteiger partial charge in [-0.3, -0.25) is 0 Å². The maximum Gasteiger partial charge on any atom is 0.227 e. The molecular formula is C40H24N4O. The van der Waals surface area contributed by atoms with Gasteiger partial charge in [0.25, 0.3) is 0 Å². The summed E-state index contributed by atoms with van der Waals surface area (Å²) >= 11 is 0. The third-order valence-electron chi connectivity index (χ3n) is 8.37. The molecule has 0 amide bonds. The highest BCUT2D eigenvalue weighted by atomic mass is 16.3. The van der Waals surface area contributed by atoms with Gasteiger partial charge >= 0.3 is 0 Å². The molecule has 0 spiro atoms. The third kappa shape index (κ3) is 4.33. The fourth-order valence-corrected chi connectivity index (χ4v) is 6.20. The Morgan fingerprint density at radius 1 is 0.422 bits per heavy atom. The van der Waals surface area contributed by atoms with Crippen molar-refractivity contribution in [3.05, 3.63) is 146 Å². The molecule has 45 heavy (non-hydrogen) atoms. The first-order valence-electron chi connectivity index (χ1n) is 14.9. The van der Waals surface area contributed by atoms with Crippen molar-refractivity contribution in [3.8, 4) is 45.3 Å². The van der Waals surface area contributed by atoms with E-state index in [1.165, 1.54) is 5.39 Å². The molecule has 0 fully saturated rings. The smallest absolute Gasteiger partial charge is 0.227 e. The molecule has 0 unspecified atom stereocenters. The number of pyridine rings is 1. The van der Waals surface area contributed by atoms with E-state index < -0.39 is 0 Å². The van der Waals surface area contributed by atoms with Gasteiger partial charge in [0.1, 0.15) is 5.58 Å². The molecule has 0 N–H and O–H groups in total. The lowest BCUT2D eigenvalue weighted by Gasteiger charge is -2.11. The number of nitrogens with zero attached hydrogens (tertiary/aromatic N) is 4. The van der Waals surface area contributed by atoms with Crippen molar-refractivity contribution in [1.29, 1.82) is 0 Å². The maximum atomic E-state index is 6.27. The topological polar surface area (TPSA) is 64.7 Å². The second-order valence-corrected chi connectivity index (χ2v) is 11.1. The molecule has 0 saturated carbocycles. The Morgan fingerprint density at radius 3 is 1.76 bits per heavy atom. The molecule has 0 saturated heterocycles. The summed E-state index contributed by atoms with van der Waals surface area (Å²) < 4.78 is 6.27. The van der Waals surface area contributed by atoms with Gasteiger partial charge in [0, 0.05) is 28.3 Å². The molecule has 5 heteroatoms. The Bertz CT molecular complexity index is 2480. The van der Waals surface area contributed by atoms with E-state index in [1.807, 2.05) is 72.9 Å². The van der Waals surface area contributed by atoms with Crippen LogP contribution in [0.15, 0.2) is 150 Å². The third-order valence-corrected chi connectivity index (χ3v) is 8.37. The molecule has 0 bridgehead atoms. The molecule has 9 aromatic rings. The zero-order valence-corrected chi connectivity index (χ0v) is 24.1. The van der Waals surface area contributed by atoms with Crippen LogP contribution in [-0.4, -0.2) is 19.9 Å². The zero-order chi connectivity index (χ0) is 29.7. The lowest BCUT2D eigenvalue weighted by atomic mass is 9.94. The van der Waals surface area contributed by atoms with E-state index in [9.17, 15) is 0 Å². The Labute approximate surface area is 258 Å². The lowest BCUT2D eigenvalue weighted by Crippen LogP contribution is -2.00. The molecule has 0 aliphatic heterocycles. The van der Waals surface area contributed by atoms with Crippen molar-refractivity contribution in [2.75, 3.05) is 0 Å². The molecule has 6 aromatic carbocycles. The van der Waals surface area contributed by atoms with E-state index in [0.717, 1.165) is 60.3 Å². The highest BCUT2D eigenvalue weighted by Gasteiger charge is 2.17. The predicted octanol–water partition coefficient (Wildman–Crippen LogP) is 10.1. The highest BCUT2D eigenvalue weighted by molar-refractivity contribution is 6.16. The van der Waals surface area contributed by atoms with Crippen molar-refractivity contribution in [3.63, 3.8) is 0 Å². The monoisotopic (exact) mass is 576 g/mol. The minimum atomic E-state index is 0.633. The Kier molecular flexibility index (Phi) is 5.74. The quantitative estimate of drug-likeness (QED) is 0.209. The van der Waals surface area contributed by atoms with Crippen LogP contribution in [0.25, 0.3) is 88.9 Å². The molecule has 5 nitrogen and oxygen atoms in total. The molecule has 0 radical (unpaired) electrons. The standard InChI is InChI=1S/C40H24N4O/c1-3-10-25(11-4-1)37-42-38(26-12-5-2-6-13-26)44-39(43-37)30-18-19-31-29(22-30)16-9-17-32(31)33-20-21-41-40-36(33)34-23-27-14-7-8-15-28(27)24-35(34)45-40/h1-24H. The van der Waals surface area contributed by atoms with Crippen LogP contribution >= 0.6 is 0 Å². The lowest BCUT2D eigenvalue weighted by molar-refractivity contribution is 0.654.